The van der Waals surface area contributed by atoms with Crippen molar-refractivity contribution in [2.24, 2.45) is 12.8 Å². The summed E-state index contributed by atoms with van der Waals surface area (Å²) in [6.45, 7) is 1.88. The lowest BCUT2D eigenvalue weighted by Crippen LogP contribution is -2.24. The van der Waals surface area contributed by atoms with Crippen LogP contribution in [0.5, 0.6) is 0 Å². The molecule has 0 fully saturated rings. The second-order valence-electron chi connectivity index (χ2n) is 2.81. The number of aromatic nitrogens is 1. The van der Waals surface area contributed by atoms with Crippen LogP contribution in [0.25, 0.3) is 0 Å². The first kappa shape index (κ1) is 9.51. The fourth-order valence-electron chi connectivity index (χ4n) is 1.33. The predicted octanol–water partition coefficient (Wildman–Crippen LogP) is 0.0466. The average Bonchev–Trinajstić information content (AvgIpc) is 2.09. The lowest BCUT2D eigenvalue weighted by Gasteiger charge is -2.08. The van der Waals surface area contributed by atoms with E-state index in [1.807, 2.05) is 6.92 Å². The van der Waals surface area contributed by atoms with Gasteiger partial charge in [0.1, 0.15) is 0 Å². The first-order valence-electron chi connectivity index (χ1n) is 4.06. The van der Waals surface area contributed by atoms with E-state index in [4.69, 9.17) is 5.73 Å². The van der Waals surface area contributed by atoms with Gasteiger partial charge < -0.3 is 10.3 Å². The van der Waals surface area contributed by atoms with Crippen LogP contribution in [0.4, 0.5) is 0 Å². The molecule has 0 radical (unpaired) electrons. The van der Waals surface area contributed by atoms with E-state index in [2.05, 4.69) is 0 Å². The molecule has 4 nitrogen and oxygen atoms in total. The van der Waals surface area contributed by atoms with Crippen molar-refractivity contribution < 1.29 is 4.79 Å². The third kappa shape index (κ3) is 1.61. The number of carbonyl (C=O) groups is 1. The number of nitrogens with two attached hydrogens (primary N) is 1. The highest BCUT2D eigenvalue weighted by Gasteiger charge is 2.09. The molecule has 4 heteroatoms. The van der Waals surface area contributed by atoms with Crippen LogP contribution in [0.3, 0.4) is 0 Å². The largest absolute Gasteiger partial charge is 0.366 e. The maximum absolute atomic E-state index is 11.2. The topological polar surface area (TPSA) is 65.1 Å². The van der Waals surface area contributed by atoms with Gasteiger partial charge >= 0.3 is 0 Å². The summed E-state index contributed by atoms with van der Waals surface area (Å²) in [5, 5.41) is 0. The normalized spacial score (nSPS) is 10.0. The quantitative estimate of drug-likeness (QED) is 0.698. The third-order valence-electron chi connectivity index (χ3n) is 2.04. The fourth-order valence-corrected chi connectivity index (χ4v) is 1.33. The van der Waals surface area contributed by atoms with Crippen LogP contribution in [0.1, 0.15) is 23.0 Å². The summed E-state index contributed by atoms with van der Waals surface area (Å²) in [7, 11) is 1.63. The van der Waals surface area contributed by atoms with E-state index in [9.17, 15) is 9.59 Å². The van der Waals surface area contributed by atoms with Crippen LogP contribution >= 0.6 is 0 Å². The van der Waals surface area contributed by atoms with Gasteiger partial charge in [-0.3, -0.25) is 9.59 Å². The standard InChI is InChI=1S/C9H12N2O2/c1-3-7-6(9(10)13)4-5-8(12)11(7)2/h4-5H,3H2,1-2H3,(H2,10,13). The van der Waals surface area contributed by atoms with Crippen LogP contribution in [0.15, 0.2) is 16.9 Å². The summed E-state index contributed by atoms with van der Waals surface area (Å²) in [5.74, 6) is -0.493. The summed E-state index contributed by atoms with van der Waals surface area (Å²) in [6, 6.07) is 2.82. The molecule has 1 aromatic rings. The van der Waals surface area contributed by atoms with E-state index in [1.54, 1.807) is 7.05 Å². The van der Waals surface area contributed by atoms with Gasteiger partial charge in [-0.1, -0.05) is 6.92 Å². The Morgan fingerprint density at radius 3 is 2.62 bits per heavy atom. The summed E-state index contributed by atoms with van der Waals surface area (Å²) < 4.78 is 1.44. The summed E-state index contributed by atoms with van der Waals surface area (Å²) in [5.41, 5.74) is 6.13. The lowest BCUT2D eigenvalue weighted by molar-refractivity contribution is 0.0998. The van der Waals surface area contributed by atoms with Crippen LogP contribution in [-0.4, -0.2) is 10.5 Å². The van der Waals surface area contributed by atoms with Crippen molar-refractivity contribution in [3.05, 3.63) is 33.7 Å². The maximum atomic E-state index is 11.2. The molecule has 0 saturated carbocycles. The number of hydrogen-bond donors (Lipinski definition) is 1. The number of pyridine rings is 1. The molecule has 1 aromatic heterocycles. The van der Waals surface area contributed by atoms with Gasteiger partial charge in [0.15, 0.2) is 0 Å². The minimum Gasteiger partial charge on any atom is -0.366 e. The first-order chi connectivity index (χ1) is 6.07. The van der Waals surface area contributed by atoms with Gasteiger partial charge in [0.25, 0.3) is 0 Å². The second-order valence-corrected chi connectivity index (χ2v) is 2.81. The zero-order valence-corrected chi connectivity index (χ0v) is 7.70. The second kappa shape index (κ2) is 3.43. The van der Waals surface area contributed by atoms with E-state index in [0.717, 1.165) is 0 Å². The molecule has 0 spiro atoms. The first-order valence-corrected chi connectivity index (χ1v) is 4.06. The van der Waals surface area contributed by atoms with Crippen molar-refractivity contribution in [2.75, 3.05) is 0 Å². The molecule has 1 heterocycles. The van der Waals surface area contributed by atoms with Crippen LogP contribution in [0.2, 0.25) is 0 Å². The Balaban J connectivity index is 3.47. The predicted molar refractivity (Wildman–Crippen MR) is 49.6 cm³/mol. The molecule has 0 bridgehead atoms. The van der Waals surface area contributed by atoms with Crippen LogP contribution < -0.4 is 11.3 Å². The molecular formula is C9H12N2O2. The van der Waals surface area contributed by atoms with Gasteiger partial charge in [-0.05, 0) is 12.5 Å². The molecule has 0 aromatic carbocycles. The van der Waals surface area contributed by atoms with Crippen molar-refractivity contribution >= 4 is 5.91 Å². The summed E-state index contributed by atoms with van der Waals surface area (Å²) in [6.07, 6.45) is 0.616. The van der Waals surface area contributed by atoms with Gasteiger partial charge in [-0.15, -0.1) is 0 Å². The molecule has 1 amide bonds. The van der Waals surface area contributed by atoms with E-state index in [0.29, 0.717) is 17.7 Å². The Morgan fingerprint density at radius 1 is 1.54 bits per heavy atom. The SMILES string of the molecule is CCc1c(C(N)=O)ccc(=O)n1C. The molecular weight excluding hydrogens is 168 g/mol. The number of rotatable bonds is 2. The minimum absolute atomic E-state index is 0.123. The zero-order valence-electron chi connectivity index (χ0n) is 7.70. The third-order valence-corrected chi connectivity index (χ3v) is 2.04. The van der Waals surface area contributed by atoms with Crippen molar-refractivity contribution in [1.29, 1.82) is 0 Å². The molecule has 2 N–H and O–H groups in total. The highest BCUT2D eigenvalue weighted by atomic mass is 16.1. The highest BCUT2D eigenvalue weighted by molar-refractivity contribution is 5.93. The molecule has 1 rings (SSSR count). The van der Waals surface area contributed by atoms with Gasteiger partial charge in [-0.25, -0.2) is 0 Å². The molecule has 0 aliphatic rings. The summed E-state index contributed by atoms with van der Waals surface area (Å²) in [4.78, 5) is 22.1. The van der Waals surface area contributed by atoms with Crippen molar-refractivity contribution in [1.82, 2.24) is 4.57 Å². The summed E-state index contributed by atoms with van der Waals surface area (Å²) >= 11 is 0. The van der Waals surface area contributed by atoms with Gasteiger partial charge in [-0.2, -0.15) is 0 Å². The smallest absolute Gasteiger partial charge is 0.250 e. The Bertz CT molecular complexity index is 393. The molecule has 0 aliphatic carbocycles. The Labute approximate surface area is 76.0 Å². The number of primary amides is 1. The minimum atomic E-state index is -0.493. The lowest BCUT2D eigenvalue weighted by atomic mass is 10.1. The molecule has 70 valence electrons. The van der Waals surface area contributed by atoms with Crippen molar-refractivity contribution in [3.63, 3.8) is 0 Å². The Morgan fingerprint density at radius 2 is 2.15 bits per heavy atom. The van der Waals surface area contributed by atoms with Gasteiger partial charge in [0.05, 0.1) is 5.56 Å². The molecule has 0 saturated heterocycles. The van der Waals surface area contributed by atoms with Gasteiger partial charge in [0, 0.05) is 18.8 Å². The number of nitrogens with zero attached hydrogens (tertiary/aromatic N) is 1. The van der Waals surface area contributed by atoms with Crippen LogP contribution in [-0.2, 0) is 13.5 Å². The van der Waals surface area contributed by atoms with Crippen molar-refractivity contribution in [2.45, 2.75) is 13.3 Å². The Hall–Kier alpha value is -1.58. The zero-order chi connectivity index (χ0) is 10.0. The van der Waals surface area contributed by atoms with E-state index >= 15 is 0 Å². The Kier molecular flexibility index (Phi) is 2.51. The van der Waals surface area contributed by atoms with E-state index in [-0.39, 0.29) is 5.56 Å². The average molecular weight is 180 g/mol. The molecule has 0 atom stereocenters. The molecule has 0 aliphatic heterocycles. The number of carbonyl (C=O) groups excluding carboxylic acids is 1. The number of amides is 1. The fraction of sp³-hybridized carbons (Fsp3) is 0.333. The van der Waals surface area contributed by atoms with E-state index in [1.165, 1.54) is 16.7 Å². The van der Waals surface area contributed by atoms with E-state index < -0.39 is 5.91 Å². The molecule has 0 unspecified atom stereocenters. The van der Waals surface area contributed by atoms with Gasteiger partial charge in [0.2, 0.25) is 11.5 Å². The highest BCUT2D eigenvalue weighted by Crippen LogP contribution is 2.04. The van der Waals surface area contributed by atoms with Crippen LogP contribution in [0, 0.1) is 0 Å². The molecule has 13 heavy (non-hydrogen) atoms. The monoisotopic (exact) mass is 180 g/mol. The number of hydrogen-bond acceptors (Lipinski definition) is 2. The maximum Gasteiger partial charge on any atom is 0.250 e. The van der Waals surface area contributed by atoms with Crippen molar-refractivity contribution in [3.8, 4) is 0 Å².